The third kappa shape index (κ3) is 2.76. The fourth-order valence-corrected chi connectivity index (χ4v) is 4.22. The van der Waals surface area contributed by atoms with Gasteiger partial charge in [0.05, 0.1) is 0 Å². The maximum Gasteiger partial charge on any atom is 0.325 e. The highest BCUT2D eigenvalue weighted by atomic mass is 16.2. The number of hydrogen-bond acceptors (Lipinski definition) is 4. The van der Waals surface area contributed by atoms with Gasteiger partial charge in [-0.1, -0.05) is 31.0 Å². The molecular formula is C19H24N4O3. The quantitative estimate of drug-likeness (QED) is 0.706. The van der Waals surface area contributed by atoms with E-state index in [0.29, 0.717) is 19.4 Å². The van der Waals surface area contributed by atoms with Gasteiger partial charge < -0.3 is 16.0 Å². The minimum absolute atomic E-state index is 0.258. The van der Waals surface area contributed by atoms with E-state index in [-0.39, 0.29) is 11.8 Å². The van der Waals surface area contributed by atoms with Gasteiger partial charge in [0.2, 0.25) is 5.91 Å². The lowest BCUT2D eigenvalue weighted by molar-refractivity contribution is -0.137. The lowest BCUT2D eigenvalue weighted by Crippen LogP contribution is -2.49. The lowest BCUT2D eigenvalue weighted by Gasteiger charge is -2.23. The van der Waals surface area contributed by atoms with Crippen molar-refractivity contribution in [2.75, 3.05) is 0 Å². The maximum atomic E-state index is 12.7. The lowest BCUT2D eigenvalue weighted by atomic mass is 9.97. The Bertz CT molecular complexity index is 770. The Morgan fingerprint density at radius 2 is 1.96 bits per heavy atom. The third-order valence-corrected chi connectivity index (χ3v) is 5.79. The van der Waals surface area contributed by atoms with Crippen molar-refractivity contribution in [3.63, 3.8) is 0 Å². The number of imide groups is 1. The van der Waals surface area contributed by atoms with Crippen LogP contribution in [0.4, 0.5) is 4.79 Å². The number of nitrogens with one attached hydrogen (secondary N) is 3. The molecule has 26 heavy (non-hydrogen) atoms. The summed E-state index contributed by atoms with van der Waals surface area (Å²) in [6.07, 6.45) is 3.17. The predicted octanol–water partition coefficient (Wildman–Crippen LogP) is 1.16. The first-order chi connectivity index (χ1) is 12.5. The number of rotatable bonds is 4. The Labute approximate surface area is 152 Å². The van der Waals surface area contributed by atoms with Gasteiger partial charge in [-0.3, -0.25) is 9.59 Å². The number of carbonyl (C=O) groups is 3. The molecule has 138 valence electrons. The van der Waals surface area contributed by atoms with E-state index in [1.807, 2.05) is 6.07 Å². The Morgan fingerprint density at radius 1 is 1.23 bits per heavy atom. The molecule has 3 aliphatic rings. The molecule has 2 fully saturated rings. The smallest absolute Gasteiger partial charge is 0.325 e. The minimum Gasteiger partial charge on any atom is -0.350 e. The van der Waals surface area contributed by atoms with Crippen LogP contribution in [0, 0.1) is 0 Å². The Kier molecular flexibility index (Phi) is 4.19. The van der Waals surface area contributed by atoms with E-state index in [9.17, 15) is 14.4 Å². The summed E-state index contributed by atoms with van der Waals surface area (Å²) in [5.41, 5.74) is 2.77. The zero-order valence-corrected chi connectivity index (χ0v) is 14.9. The molecule has 2 heterocycles. The second-order valence-electron chi connectivity index (χ2n) is 7.49. The Balaban J connectivity index is 1.40. The Morgan fingerprint density at radius 3 is 2.73 bits per heavy atom. The first kappa shape index (κ1) is 17.0. The van der Waals surface area contributed by atoms with Crippen molar-refractivity contribution in [2.45, 2.75) is 63.8 Å². The number of amides is 4. The summed E-state index contributed by atoms with van der Waals surface area (Å²) >= 11 is 0. The summed E-state index contributed by atoms with van der Waals surface area (Å²) in [6, 6.07) is 4.88. The van der Waals surface area contributed by atoms with Gasteiger partial charge in [0.25, 0.3) is 5.91 Å². The molecule has 7 nitrogen and oxygen atoms in total. The van der Waals surface area contributed by atoms with E-state index in [1.165, 1.54) is 11.1 Å². The van der Waals surface area contributed by atoms with Crippen LogP contribution in [0.15, 0.2) is 18.2 Å². The van der Waals surface area contributed by atoms with Crippen LogP contribution in [-0.4, -0.2) is 34.3 Å². The van der Waals surface area contributed by atoms with Crippen LogP contribution >= 0.6 is 0 Å². The molecule has 4 rings (SSSR count). The van der Waals surface area contributed by atoms with Crippen molar-refractivity contribution in [1.29, 1.82) is 0 Å². The molecule has 0 bridgehead atoms. The summed E-state index contributed by atoms with van der Waals surface area (Å²) in [7, 11) is 0. The number of carbonyl (C=O) groups excluding carboxylic acids is 3. The highest BCUT2D eigenvalue weighted by Crippen LogP contribution is 2.35. The largest absolute Gasteiger partial charge is 0.350 e. The molecule has 1 aromatic carbocycles. The zero-order valence-electron chi connectivity index (χ0n) is 14.9. The van der Waals surface area contributed by atoms with Crippen LogP contribution in [0.25, 0.3) is 0 Å². The van der Waals surface area contributed by atoms with Crippen LogP contribution in [0.1, 0.15) is 49.3 Å². The molecule has 1 aliphatic carbocycles. The van der Waals surface area contributed by atoms with Gasteiger partial charge in [-0.15, -0.1) is 0 Å². The fraction of sp³-hybridized carbons (Fsp3) is 0.526. The molecule has 0 radical (unpaired) electrons. The van der Waals surface area contributed by atoms with Gasteiger partial charge in [-0.25, -0.2) is 9.69 Å². The molecule has 1 saturated carbocycles. The number of fused-ring (bicyclic) bond motifs is 1. The topological polar surface area (TPSA) is 90.5 Å². The number of nitrogens with zero attached hydrogens (tertiary/aromatic N) is 1. The van der Waals surface area contributed by atoms with Crippen molar-refractivity contribution in [2.24, 2.45) is 0 Å². The van der Waals surface area contributed by atoms with Crippen LogP contribution in [0.2, 0.25) is 0 Å². The monoisotopic (exact) mass is 356 g/mol. The van der Waals surface area contributed by atoms with Crippen LogP contribution in [0.3, 0.4) is 0 Å². The molecule has 0 aromatic heterocycles. The van der Waals surface area contributed by atoms with Crippen molar-refractivity contribution < 1.29 is 14.4 Å². The first-order valence-electron chi connectivity index (χ1n) is 9.25. The molecule has 7 heteroatoms. The summed E-state index contributed by atoms with van der Waals surface area (Å²) in [5.74, 6) is -0.576. The van der Waals surface area contributed by atoms with Crippen LogP contribution < -0.4 is 16.0 Å². The molecule has 1 saturated heterocycles. The van der Waals surface area contributed by atoms with Gasteiger partial charge in [0.15, 0.2) is 0 Å². The number of hydrogen-bond donors (Lipinski definition) is 3. The van der Waals surface area contributed by atoms with E-state index in [2.05, 4.69) is 28.1 Å². The van der Waals surface area contributed by atoms with Gasteiger partial charge in [0.1, 0.15) is 11.6 Å². The van der Waals surface area contributed by atoms with E-state index in [1.54, 1.807) is 6.92 Å². The van der Waals surface area contributed by atoms with Crippen molar-refractivity contribution in [3.8, 4) is 0 Å². The molecule has 3 N–H and O–H groups in total. The molecule has 4 amide bonds. The van der Waals surface area contributed by atoms with Gasteiger partial charge in [0, 0.05) is 19.6 Å². The minimum atomic E-state index is -0.821. The third-order valence-electron chi connectivity index (χ3n) is 5.79. The normalized spacial score (nSPS) is 21.8. The van der Waals surface area contributed by atoms with E-state index in [4.69, 9.17) is 0 Å². The zero-order chi connectivity index (χ0) is 18.3. The predicted molar refractivity (Wildman–Crippen MR) is 94.9 cm³/mol. The van der Waals surface area contributed by atoms with Crippen molar-refractivity contribution in [1.82, 2.24) is 20.9 Å². The highest BCUT2D eigenvalue weighted by Gasteiger charge is 2.54. The molecular weight excluding hydrogens is 332 g/mol. The van der Waals surface area contributed by atoms with Crippen molar-refractivity contribution >= 4 is 17.8 Å². The van der Waals surface area contributed by atoms with Gasteiger partial charge in [-0.05, 0) is 36.5 Å². The summed E-state index contributed by atoms with van der Waals surface area (Å²) < 4.78 is 0. The maximum absolute atomic E-state index is 12.7. The second-order valence-corrected chi connectivity index (χ2v) is 7.49. The number of urea groups is 1. The average molecular weight is 356 g/mol. The van der Waals surface area contributed by atoms with Gasteiger partial charge in [-0.2, -0.15) is 0 Å². The average Bonchev–Trinajstić information content (AvgIpc) is 3.33. The van der Waals surface area contributed by atoms with Crippen LogP contribution in [0.5, 0.6) is 0 Å². The second kappa shape index (κ2) is 6.39. The summed E-state index contributed by atoms with van der Waals surface area (Å²) in [5, 5.41) is 8.96. The molecule has 1 aromatic rings. The molecule has 2 aliphatic heterocycles. The Hall–Kier alpha value is -2.41. The van der Waals surface area contributed by atoms with Crippen molar-refractivity contribution in [3.05, 3.63) is 34.9 Å². The molecule has 1 unspecified atom stereocenters. The molecule has 1 atom stereocenters. The van der Waals surface area contributed by atoms with Gasteiger partial charge >= 0.3 is 6.03 Å². The van der Waals surface area contributed by atoms with E-state index >= 15 is 0 Å². The first-order valence-corrected chi connectivity index (χ1v) is 9.25. The highest BCUT2D eigenvalue weighted by molar-refractivity contribution is 6.09. The number of benzene rings is 1. The van der Waals surface area contributed by atoms with E-state index < -0.39 is 17.6 Å². The SMILES string of the molecule is CC(C(=O)NCc1ccc2c(c1)CNC2)N1C(=O)NC2(CCCC2)C1=O. The van der Waals surface area contributed by atoms with E-state index in [0.717, 1.165) is 36.4 Å². The van der Waals surface area contributed by atoms with Crippen LogP contribution in [-0.2, 0) is 29.2 Å². The summed E-state index contributed by atoms with van der Waals surface area (Å²) in [6.45, 7) is 3.71. The molecule has 1 spiro atoms. The fourth-order valence-electron chi connectivity index (χ4n) is 4.22. The summed E-state index contributed by atoms with van der Waals surface area (Å²) in [4.78, 5) is 38.7. The standard InChI is InChI=1S/C19H24N4O3/c1-12(23-17(25)19(22-18(23)26)6-2-3-7-19)16(24)21-9-13-4-5-14-10-20-11-15(14)8-13/h4-5,8,12,20H,2-3,6-7,9-11H2,1H3,(H,21,24)(H,22,26).